The predicted octanol–water partition coefficient (Wildman–Crippen LogP) is 3.30. The van der Waals surface area contributed by atoms with E-state index in [1.54, 1.807) is 0 Å². The Hall–Kier alpha value is -1.04. The number of aromatic nitrogens is 3. The maximum absolute atomic E-state index is 10.8. The summed E-state index contributed by atoms with van der Waals surface area (Å²) in [7, 11) is 0. The molecule has 3 rings (SSSR count). The second-order valence-electron chi connectivity index (χ2n) is 6.75. The molecule has 1 aromatic rings. The molecule has 2 saturated carbocycles. The second kappa shape index (κ2) is 5.99. The molecular formula is C15H23N3O2S. The fraction of sp³-hybridized carbons (Fsp3) is 0.800. The molecule has 2 aliphatic rings. The van der Waals surface area contributed by atoms with Gasteiger partial charge in [-0.1, -0.05) is 37.9 Å². The van der Waals surface area contributed by atoms with Crippen LogP contribution in [0.15, 0.2) is 5.16 Å². The van der Waals surface area contributed by atoms with E-state index >= 15 is 0 Å². The third-order valence-electron chi connectivity index (χ3n) is 4.61. The first kappa shape index (κ1) is 14.9. The van der Waals surface area contributed by atoms with Crippen molar-refractivity contribution in [2.45, 2.75) is 69.5 Å². The van der Waals surface area contributed by atoms with E-state index in [9.17, 15) is 4.79 Å². The Kier molecular flexibility index (Phi) is 4.24. The van der Waals surface area contributed by atoms with Gasteiger partial charge in [0.1, 0.15) is 5.82 Å². The van der Waals surface area contributed by atoms with E-state index in [2.05, 4.69) is 21.7 Å². The van der Waals surface area contributed by atoms with Crippen molar-refractivity contribution >= 4 is 17.7 Å². The third kappa shape index (κ3) is 3.59. The van der Waals surface area contributed by atoms with Crippen LogP contribution in [0.5, 0.6) is 0 Å². The van der Waals surface area contributed by atoms with E-state index in [-0.39, 0.29) is 5.75 Å². The summed E-state index contributed by atoms with van der Waals surface area (Å²) in [6.07, 6.45) is 8.82. The van der Waals surface area contributed by atoms with Crippen LogP contribution in [0, 0.1) is 5.41 Å². The van der Waals surface area contributed by atoms with Crippen molar-refractivity contribution in [3.05, 3.63) is 5.82 Å². The lowest BCUT2D eigenvalue weighted by atomic mass is 9.75. The Morgan fingerprint density at radius 1 is 1.33 bits per heavy atom. The average Bonchev–Trinajstić information content (AvgIpc) is 3.20. The highest BCUT2D eigenvalue weighted by Crippen LogP contribution is 2.43. The quantitative estimate of drug-likeness (QED) is 0.817. The normalized spacial score (nSPS) is 21.4. The molecule has 2 fully saturated rings. The summed E-state index contributed by atoms with van der Waals surface area (Å²) in [6, 6.07) is 0. The summed E-state index contributed by atoms with van der Waals surface area (Å²) < 4.78 is 2.22. The Balaban J connectivity index is 1.80. The Labute approximate surface area is 129 Å². The number of carboxylic acid groups (broad SMARTS) is 1. The minimum atomic E-state index is -0.800. The minimum Gasteiger partial charge on any atom is -0.481 e. The Morgan fingerprint density at radius 3 is 2.67 bits per heavy atom. The van der Waals surface area contributed by atoms with Crippen molar-refractivity contribution in [3.63, 3.8) is 0 Å². The Morgan fingerprint density at radius 2 is 2.05 bits per heavy atom. The third-order valence-corrected chi connectivity index (χ3v) is 5.56. The number of nitrogens with zero attached hydrogens (tertiary/aromatic N) is 3. The Bertz CT molecular complexity index is 519. The fourth-order valence-electron chi connectivity index (χ4n) is 3.27. The zero-order chi connectivity index (χ0) is 14.9. The van der Waals surface area contributed by atoms with E-state index in [0.29, 0.717) is 11.3 Å². The number of aliphatic carboxylic acids is 1. The minimum absolute atomic E-state index is 0.0551. The maximum Gasteiger partial charge on any atom is 0.313 e. The molecule has 6 heteroatoms. The van der Waals surface area contributed by atoms with Gasteiger partial charge in [-0.05, 0) is 31.1 Å². The number of hydrogen-bond donors (Lipinski definition) is 1. The molecule has 0 bridgehead atoms. The molecular weight excluding hydrogens is 286 g/mol. The van der Waals surface area contributed by atoms with E-state index in [4.69, 9.17) is 5.11 Å². The molecule has 1 aromatic heterocycles. The van der Waals surface area contributed by atoms with Crippen molar-refractivity contribution in [3.8, 4) is 0 Å². The van der Waals surface area contributed by atoms with Crippen LogP contribution in [0.2, 0.25) is 0 Å². The van der Waals surface area contributed by atoms with Gasteiger partial charge < -0.3 is 9.67 Å². The van der Waals surface area contributed by atoms with Crippen molar-refractivity contribution in [1.29, 1.82) is 0 Å². The molecule has 116 valence electrons. The summed E-state index contributed by atoms with van der Waals surface area (Å²) in [6.45, 7) is 3.29. The first-order valence-corrected chi connectivity index (χ1v) is 8.84. The van der Waals surface area contributed by atoms with Gasteiger partial charge in [0, 0.05) is 12.5 Å². The summed E-state index contributed by atoms with van der Waals surface area (Å²) in [5.41, 5.74) is 0.308. The molecule has 0 saturated heterocycles. The van der Waals surface area contributed by atoms with E-state index < -0.39 is 5.97 Å². The fourth-order valence-corrected chi connectivity index (χ4v) is 3.94. The van der Waals surface area contributed by atoms with Gasteiger partial charge in [-0.2, -0.15) is 0 Å². The monoisotopic (exact) mass is 309 g/mol. The molecule has 1 N–H and O–H groups in total. The number of hydrogen-bond acceptors (Lipinski definition) is 4. The molecule has 1 heterocycles. The second-order valence-corrected chi connectivity index (χ2v) is 7.70. The predicted molar refractivity (Wildman–Crippen MR) is 81.5 cm³/mol. The zero-order valence-electron chi connectivity index (χ0n) is 12.5. The van der Waals surface area contributed by atoms with Crippen LogP contribution in [0.1, 0.15) is 63.6 Å². The summed E-state index contributed by atoms with van der Waals surface area (Å²) >= 11 is 1.30. The molecule has 0 aliphatic heterocycles. The van der Waals surface area contributed by atoms with Crippen LogP contribution >= 0.6 is 11.8 Å². The average molecular weight is 309 g/mol. The van der Waals surface area contributed by atoms with Gasteiger partial charge in [-0.3, -0.25) is 4.79 Å². The maximum atomic E-state index is 10.8. The van der Waals surface area contributed by atoms with Crippen molar-refractivity contribution < 1.29 is 9.90 Å². The molecule has 0 atom stereocenters. The first-order chi connectivity index (χ1) is 10.1. The lowest BCUT2D eigenvalue weighted by Crippen LogP contribution is -2.27. The highest BCUT2D eigenvalue weighted by molar-refractivity contribution is 7.99. The molecule has 0 amide bonds. The summed E-state index contributed by atoms with van der Waals surface area (Å²) in [5, 5.41) is 18.3. The van der Waals surface area contributed by atoms with Gasteiger partial charge in [0.2, 0.25) is 0 Å². The van der Waals surface area contributed by atoms with E-state index in [1.165, 1.54) is 56.7 Å². The van der Waals surface area contributed by atoms with Crippen molar-refractivity contribution in [2.24, 2.45) is 5.41 Å². The topological polar surface area (TPSA) is 68.0 Å². The van der Waals surface area contributed by atoms with E-state index in [1.807, 2.05) is 0 Å². The zero-order valence-corrected chi connectivity index (χ0v) is 13.4. The van der Waals surface area contributed by atoms with Crippen molar-refractivity contribution in [1.82, 2.24) is 14.8 Å². The number of thioether (sulfide) groups is 1. The molecule has 2 aliphatic carbocycles. The van der Waals surface area contributed by atoms with Gasteiger partial charge in [-0.25, -0.2) is 0 Å². The molecule has 0 spiro atoms. The first-order valence-electron chi connectivity index (χ1n) is 7.85. The van der Waals surface area contributed by atoms with Crippen LogP contribution in [0.4, 0.5) is 0 Å². The van der Waals surface area contributed by atoms with Gasteiger partial charge >= 0.3 is 5.97 Å². The number of carboxylic acids is 1. The highest BCUT2D eigenvalue weighted by Gasteiger charge is 2.34. The number of rotatable bonds is 6. The van der Waals surface area contributed by atoms with Gasteiger partial charge in [0.25, 0.3) is 0 Å². The highest BCUT2D eigenvalue weighted by atomic mass is 32.2. The van der Waals surface area contributed by atoms with E-state index in [0.717, 1.165) is 17.5 Å². The largest absolute Gasteiger partial charge is 0.481 e. The SMILES string of the molecule is CC1(Cn2c(SCC(=O)O)nnc2C2CC2)CCCCC1. The lowest BCUT2D eigenvalue weighted by Gasteiger charge is -2.34. The van der Waals surface area contributed by atoms with Crippen molar-refractivity contribution in [2.75, 3.05) is 5.75 Å². The van der Waals surface area contributed by atoms with Gasteiger partial charge in [-0.15, -0.1) is 10.2 Å². The van der Waals surface area contributed by atoms with Crippen LogP contribution in [-0.2, 0) is 11.3 Å². The lowest BCUT2D eigenvalue weighted by molar-refractivity contribution is -0.133. The molecule has 21 heavy (non-hydrogen) atoms. The molecule has 5 nitrogen and oxygen atoms in total. The van der Waals surface area contributed by atoms with Crippen LogP contribution < -0.4 is 0 Å². The number of carbonyl (C=O) groups is 1. The molecule has 0 unspecified atom stereocenters. The van der Waals surface area contributed by atoms with Gasteiger partial charge in [0.05, 0.1) is 5.75 Å². The van der Waals surface area contributed by atoms with Gasteiger partial charge in [0.15, 0.2) is 5.16 Å². The van der Waals surface area contributed by atoms with Crippen LogP contribution in [0.3, 0.4) is 0 Å². The molecule has 0 aromatic carbocycles. The summed E-state index contributed by atoms with van der Waals surface area (Å²) in [5.74, 6) is 0.879. The molecule has 0 radical (unpaired) electrons. The van der Waals surface area contributed by atoms with Crippen LogP contribution in [0.25, 0.3) is 0 Å². The summed E-state index contributed by atoms with van der Waals surface area (Å²) in [4.78, 5) is 10.8. The smallest absolute Gasteiger partial charge is 0.313 e. The standard InChI is InChI=1S/C15H23N3O2S/c1-15(7-3-2-4-8-15)10-18-13(11-5-6-11)16-17-14(18)21-9-12(19)20/h11H,2-10H2,1H3,(H,19,20). The van der Waals surface area contributed by atoms with Crippen LogP contribution in [-0.4, -0.2) is 31.6 Å².